The molecule has 1 unspecified atom stereocenters. The highest BCUT2D eigenvalue weighted by Crippen LogP contribution is 2.23. The first-order valence-electron chi connectivity index (χ1n) is 6.46. The molecule has 1 aromatic heterocycles. The van der Waals surface area contributed by atoms with Crippen LogP contribution < -0.4 is 11.3 Å². The number of hydrogen-bond donors (Lipinski definition) is 3. The maximum absolute atomic E-state index is 12.5. The Balaban J connectivity index is 2.15. The van der Waals surface area contributed by atoms with Crippen molar-refractivity contribution in [3.63, 3.8) is 0 Å². The summed E-state index contributed by atoms with van der Waals surface area (Å²) in [6.07, 6.45) is 5.19. The fourth-order valence-corrected chi connectivity index (χ4v) is 2.33. The second-order valence-electron chi connectivity index (χ2n) is 5.21. The predicted molar refractivity (Wildman–Crippen MR) is 72.4 cm³/mol. The summed E-state index contributed by atoms with van der Waals surface area (Å²) in [7, 11) is 0. The molecule has 1 aliphatic heterocycles. The molecule has 2 heterocycles. The van der Waals surface area contributed by atoms with Crippen molar-refractivity contribution in [2.75, 3.05) is 18.5 Å². The molecule has 0 saturated carbocycles. The highest BCUT2D eigenvalue weighted by Gasteiger charge is 2.28. The zero-order valence-electron chi connectivity index (χ0n) is 11.1. The summed E-state index contributed by atoms with van der Waals surface area (Å²) in [6, 6.07) is 1.67. The number of aromatic nitrogens is 1. The molecule has 1 saturated heterocycles. The molecule has 104 valence electrons. The molecule has 0 bridgehead atoms. The summed E-state index contributed by atoms with van der Waals surface area (Å²) in [5.74, 6) is 5.31. The van der Waals surface area contributed by atoms with Gasteiger partial charge < -0.3 is 15.4 Å². The second-order valence-corrected chi connectivity index (χ2v) is 5.21. The van der Waals surface area contributed by atoms with E-state index in [-0.39, 0.29) is 5.91 Å². The van der Waals surface area contributed by atoms with Crippen molar-refractivity contribution in [1.29, 1.82) is 0 Å². The third-order valence-electron chi connectivity index (χ3n) is 3.56. The van der Waals surface area contributed by atoms with Crippen molar-refractivity contribution in [3.05, 3.63) is 24.0 Å². The highest BCUT2D eigenvalue weighted by molar-refractivity contribution is 5.99. The summed E-state index contributed by atoms with van der Waals surface area (Å²) in [5, 5.41) is 10.0. The van der Waals surface area contributed by atoms with Gasteiger partial charge in [0.15, 0.2) is 0 Å². The average molecular weight is 264 g/mol. The molecule has 1 amide bonds. The van der Waals surface area contributed by atoms with Gasteiger partial charge in [0.1, 0.15) is 0 Å². The summed E-state index contributed by atoms with van der Waals surface area (Å²) >= 11 is 0. The fraction of sp³-hybridized carbons (Fsp3) is 0.538. The van der Waals surface area contributed by atoms with Crippen molar-refractivity contribution in [2.24, 2.45) is 5.84 Å². The van der Waals surface area contributed by atoms with E-state index in [1.165, 1.54) is 6.20 Å². The van der Waals surface area contributed by atoms with E-state index in [1.54, 1.807) is 17.2 Å². The minimum Gasteiger partial charge on any atom is -0.390 e. The van der Waals surface area contributed by atoms with Crippen LogP contribution in [0.25, 0.3) is 0 Å². The zero-order valence-corrected chi connectivity index (χ0v) is 11.1. The highest BCUT2D eigenvalue weighted by atomic mass is 16.3. The van der Waals surface area contributed by atoms with Crippen LogP contribution in [0.3, 0.4) is 0 Å². The molecule has 0 aliphatic carbocycles. The molecular weight excluding hydrogens is 244 g/mol. The number of aliphatic hydroxyl groups is 1. The van der Waals surface area contributed by atoms with Crippen molar-refractivity contribution in [2.45, 2.75) is 31.8 Å². The molecule has 19 heavy (non-hydrogen) atoms. The summed E-state index contributed by atoms with van der Waals surface area (Å²) in [4.78, 5) is 18.2. The van der Waals surface area contributed by atoms with Gasteiger partial charge in [-0.2, -0.15) is 0 Å². The van der Waals surface area contributed by atoms with E-state index >= 15 is 0 Å². The molecule has 0 aromatic carbocycles. The first kappa shape index (κ1) is 13.8. The Morgan fingerprint density at radius 2 is 2.32 bits per heavy atom. The lowest BCUT2D eigenvalue weighted by atomic mass is 9.98. The Morgan fingerprint density at radius 3 is 3.05 bits per heavy atom. The Morgan fingerprint density at radius 1 is 1.53 bits per heavy atom. The number of nitrogens with two attached hydrogens (primary N) is 1. The average Bonchev–Trinajstić information content (AvgIpc) is 2.59. The van der Waals surface area contributed by atoms with E-state index in [9.17, 15) is 9.90 Å². The molecule has 1 fully saturated rings. The van der Waals surface area contributed by atoms with Crippen LogP contribution in [-0.4, -0.2) is 39.6 Å². The number of carbonyl (C=O) groups excluding carboxylic acids is 1. The number of likely N-dealkylation sites (tertiary alicyclic amines) is 1. The molecule has 1 aliphatic rings. The number of nitrogen functional groups attached to an aromatic ring is 1. The van der Waals surface area contributed by atoms with Gasteiger partial charge >= 0.3 is 0 Å². The van der Waals surface area contributed by atoms with E-state index in [0.29, 0.717) is 37.2 Å². The van der Waals surface area contributed by atoms with Crippen molar-refractivity contribution in [1.82, 2.24) is 9.88 Å². The number of anilines is 1. The number of rotatable bonds is 2. The van der Waals surface area contributed by atoms with Crippen LogP contribution in [0.15, 0.2) is 18.5 Å². The van der Waals surface area contributed by atoms with Gasteiger partial charge in [-0.15, -0.1) is 0 Å². The third kappa shape index (κ3) is 3.21. The number of nitrogens with one attached hydrogen (secondary N) is 1. The largest absolute Gasteiger partial charge is 0.390 e. The third-order valence-corrected chi connectivity index (χ3v) is 3.56. The second kappa shape index (κ2) is 5.54. The summed E-state index contributed by atoms with van der Waals surface area (Å²) in [6.45, 7) is 3.01. The molecule has 6 nitrogen and oxygen atoms in total. The molecule has 4 N–H and O–H groups in total. The molecular formula is C13H20N4O2. The lowest BCUT2D eigenvalue weighted by Gasteiger charge is -2.23. The lowest BCUT2D eigenvalue weighted by Crippen LogP contribution is -2.34. The number of hydrogen-bond acceptors (Lipinski definition) is 5. The maximum atomic E-state index is 12.5. The summed E-state index contributed by atoms with van der Waals surface area (Å²) in [5.41, 5.74) is 2.86. The van der Waals surface area contributed by atoms with Crippen molar-refractivity contribution in [3.8, 4) is 0 Å². The predicted octanol–water partition coefficient (Wildman–Crippen LogP) is 0.744. The number of nitrogens with zero attached hydrogens (tertiary/aromatic N) is 2. The van der Waals surface area contributed by atoms with Gasteiger partial charge in [0.2, 0.25) is 0 Å². The molecule has 0 spiro atoms. The Bertz CT molecular complexity index is 462. The standard InChI is InChI=1S/C13H20N4O2/c1-13(19)4-2-7-17(8-5-13)12(18)10-9-15-6-3-11(10)16-14/h3,6,9,19H,2,4-5,7-8,14H2,1H3,(H,15,16). The van der Waals surface area contributed by atoms with Gasteiger partial charge in [-0.25, -0.2) is 0 Å². The first-order chi connectivity index (χ1) is 9.03. The van der Waals surface area contributed by atoms with Crippen LogP contribution in [0, 0.1) is 0 Å². The molecule has 2 rings (SSSR count). The van der Waals surface area contributed by atoms with Gasteiger partial charge in [-0.3, -0.25) is 15.6 Å². The van der Waals surface area contributed by atoms with Crippen LogP contribution in [0.1, 0.15) is 36.5 Å². The van der Waals surface area contributed by atoms with Gasteiger partial charge in [-0.05, 0) is 32.3 Å². The van der Waals surface area contributed by atoms with E-state index in [0.717, 1.165) is 6.42 Å². The molecule has 0 radical (unpaired) electrons. The van der Waals surface area contributed by atoms with E-state index in [1.807, 2.05) is 6.92 Å². The molecule has 1 atom stereocenters. The van der Waals surface area contributed by atoms with E-state index in [4.69, 9.17) is 5.84 Å². The monoisotopic (exact) mass is 264 g/mol. The number of hydrazine groups is 1. The normalized spacial score (nSPS) is 23.8. The quantitative estimate of drug-likeness (QED) is 0.541. The van der Waals surface area contributed by atoms with Gasteiger partial charge in [0.25, 0.3) is 5.91 Å². The minimum atomic E-state index is -0.682. The lowest BCUT2D eigenvalue weighted by molar-refractivity contribution is 0.0438. The van der Waals surface area contributed by atoms with Gasteiger partial charge in [-0.1, -0.05) is 0 Å². The first-order valence-corrected chi connectivity index (χ1v) is 6.46. The van der Waals surface area contributed by atoms with Crippen LogP contribution in [-0.2, 0) is 0 Å². The van der Waals surface area contributed by atoms with Crippen molar-refractivity contribution >= 4 is 11.6 Å². The SMILES string of the molecule is CC1(O)CCCN(C(=O)c2cnccc2NN)CC1. The zero-order chi connectivity index (χ0) is 13.9. The molecule has 1 aromatic rings. The van der Waals surface area contributed by atoms with E-state index in [2.05, 4.69) is 10.4 Å². The van der Waals surface area contributed by atoms with Crippen LogP contribution in [0.2, 0.25) is 0 Å². The smallest absolute Gasteiger partial charge is 0.257 e. The number of pyridine rings is 1. The van der Waals surface area contributed by atoms with Crippen LogP contribution in [0.5, 0.6) is 0 Å². The van der Waals surface area contributed by atoms with E-state index < -0.39 is 5.60 Å². The van der Waals surface area contributed by atoms with Crippen LogP contribution in [0.4, 0.5) is 5.69 Å². The Labute approximate surface area is 112 Å². The topological polar surface area (TPSA) is 91.5 Å². The molecule has 6 heteroatoms. The number of amides is 1. The van der Waals surface area contributed by atoms with Gasteiger partial charge in [0.05, 0.1) is 16.9 Å². The number of carbonyl (C=O) groups is 1. The fourth-order valence-electron chi connectivity index (χ4n) is 2.33. The van der Waals surface area contributed by atoms with Gasteiger partial charge in [0, 0.05) is 25.5 Å². The van der Waals surface area contributed by atoms with Crippen molar-refractivity contribution < 1.29 is 9.90 Å². The van der Waals surface area contributed by atoms with Crippen LogP contribution >= 0.6 is 0 Å². The Kier molecular flexibility index (Phi) is 4.01. The summed E-state index contributed by atoms with van der Waals surface area (Å²) < 4.78 is 0. The Hall–Kier alpha value is -1.66. The minimum absolute atomic E-state index is 0.0984. The maximum Gasteiger partial charge on any atom is 0.257 e.